The van der Waals surface area contributed by atoms with Crippen LogP contribution < -0.4 is 4.72 Å². The van der Waals surface area contributed by atoms with Crippen LogP contribution in [0.4, 0.5) is 5.69 Å². The van der Waals surface area contributed by atoms with Gasteiger partial charge in [-0.1, -0.05) is 29.8 Å². The molecule has 0 aromatic heterocycles. The molecule has 0 amide bonds. The topological polar surface area (TPSA) is 66.4 Å². The lowest BCUT2D eigenvalue weighted by atomic mass is 10.2. The number of aliphatic hydroxyl groups excluding tert-OH is 1. The third-order valence-corrected chi connectivity index (χ3v) is 4.49. The van der Waals surface area contributed by atoms with Crippen molar-refractivity contribution in [2.24, 2.45) is 0 Å². The molecule has 6 heteroatoms. The Morgan fingerprint density at radius 1 is 1.15 bits per heavy atom. The Morgan fingerprint density at radius 3 is 2.40 bits per heavy atom. The average Bonchev–Trinajstić information content (AvgIpc) is 2.43. The molecular weight excluding hydrogens is 298 g/mol. The van der Waals surface area contributed by atoms with Gasteiger partial charge >= 0.3 is 0 Å². The summed E-state index contributed by atoms with van der Waals surface area (Å²) < 4.78 is 26.9. The molecule has 0 bridgehead atoms. The molecular formula is C14H14ClNO3S. The molecule has 0 atom stereocenters. The molecule has 0 radical (unpaired) electrons. The zero-order valence-corrected chi connectivity index (χ0v) is 12.4. The molecule has 0 heterocycles. The smallest absolute Gasteiger partial charge is 0.261 e. The molecule has 0 spiro atoms. The van der Waals surface area contributed by atoms with Gasteiger partial charge in [-0.25, -0.2) is 8.42 Å². The fourth-order valence-corrected chi connectivity index (χ4v) is 2.99. The first kappa shape index (κ1) is 14.8. The standard InChI is InChI=1S/C14H14ClNO3S/c1-10-2-7-13(15)14(8-10)16-20(18,19)12-5-3-11(9-17)4-6-12/h2-8,16-17H,9H2,1H3. The summed E-state index contributed by atoms with van der Waals surface area (Å²) in [6.07, 6.45) is 0. The third-order valence-electron chi connectivity index (χ3n) is 2.78. The molecule has 0 fully saturated rings. The van der Waals surface area contributed by atoms with Crippen LogP contribution in [-0.2, 0) is 16.6 Å². The van der Waals surface area contributed by atoms with Crippen molar-refractivity contribution in [1.82, 2.24) is 0 Å². The molecule has 0 aliphatic carbocycles. The van der Waals surface area contributed by atoms with Crippen molar-refractivity contribution >= 4 is 27.3 Å². The lowest BCUT2D eigenvalue weighted by Crippen LogP contribution is -2.13. The monoisotopic (exact) mass is 311 g/mol. The Morgan fingerprint density at radius 2 is 1.80 bits per heavy atom. The summed E-state index contributed by atoms with van der Waals surface area (Å²) in [4.78, 5) is 0.118. The first-order chi connectivity index (χ1) is 9.42. The van der Waals surface area contributed by atoms with Crippen LogP contribution in [-0.4, -0.2) is 13.5 Å². The van der Waals surface area contributed by atoms with E-state index in [1.807, 2.05) is 6.92 Å². The minimum Gasteiger partial charge on any atom is -0.392 e. The first-order valence-corrected chi connectivity index (χ1v) is 7.77. The number of aryl methyl sites for hydroxylation is 1. The van der Waals surface area contributed by atoms with Crippen LogP contribution >= 0.6 is 11.6 Å². The highest BCUT2D eigenvalue weighted by atomic mass is 35.5. The number of sulfonamides is 1. The number of nitrogens with one attached hydrogen (secondary N) is 1. The van der Waals surface area contributed by atoms with Crippen molar-refractivity contribution in [3.63, 3.8) is 0 Å². The molecule has 0 aliphatic rings. The van der Waals surface area contributed by atoms with E-state index in [0.717, 1.165) is 5.56 Å². The Kier molecular flexibility index (Phi) is 4.32. The zero-order valence-electron chi connectivity index (χ0n) is 10.8. The number of hydrogen-bond acceptors (Lipinski definition) is 3. The second-order valence-corrected chi connectivity index (χ2v) is 6.48. The molecule has 2 aromatic rings. The van der Waals surface area contributed by atoms with Crippen LogP contribution in [0.5, 0.6) is 0 Å². The maximum absolute atomic E-state index is 12.2. The van der Waals surface area contributed by atoms with Gasteiger partial charge in [0.15, 0.2) is 0 Å². The quantitative estimate of drug-likeness (QED) is 0.912. The van der Waals surface area contributed by atoms with Crippen LogP contribution in [0.3, 0.4) is 0 Å². The number of halogens is 1. The molecule has 0 saturated carbocycles. The molecule has 2 rings (SSSR count). The minimum atomic E-state index is -3.69. The van der Waals surface area contributed by atoms with E-state index in [9.17, 15) is 8.42 Å². The predicted molar refractivity (Wildman–Crippen MR) is 79.4 cm³/mol. The summed E-state index contributed by atoms with van der Waals surface area (Å²) in [5.41, 5.74) is 1.90. The van der Waals surface area contributed by atoms with Crippen molar-refractivity contribution < 1.29 is 13.5 Å². The van der Waals surface area contributed by atoms with E-state index in [2.05, 4.69) is 4.72 Å². The van der Waals surface area contributed by atoms with Gasteiger partial charge in [0.2, 0.25) is 0 Å². The summed E-state index contributed by atoms with van der Waals surface area (Å²) >= 11 is 5.98. The van der Waals surface area contributed by atoms with E-state index >= 15 is 0 Å². The lowest BCUT2D eigenvalue weighted by Gasteiger charge is -2.10. The largest absolute Gasteiger partial charge is 0.392 e. The van der Waals surface area contributed by atoms with Gasteiger partial charge in [0, 0.05) is 0 Å². The predicted octanol–water partition coefficient (Wildman–Crippen LogP) is 2.94. The fourth-order valence-electron chi connectivity index (χ4n) is 1.70. The van der Waals surface area contributed by atoms with Crippen LogP contribution in [0.25, 0.3) is 0 Å². The van der Waals surface area contributed by atoms with Gasteiger partial charge in [-0.05, 0) is 42.3 Å². The molecule has 2 aromatic carbocycles. The van der Waals surface area contributed by atoms with E-state index in [4.69, 9.17) is 16.7 Å². The first-order valence-electron chi connectivity index (χ1n) is 5.91. The molecule has 2 N–H and O–H groups in total. The van der Waals surface area contributed by atoms with E-state index in [1.54, 1.807) is 30.3 Å². The van der Waals surface area contributed by atoms with Gasteiger partial charge in [-0.3, -0.25) is 4.72 Å². The minimum absolute atomic E-state index is 0.118. The normalized spacial score (nSPS) is 11.3. The summed E-state index contributed by atoms with van der Waals surface area (Å²) in [5.74, 6) is 0. The summed E-state index contributed by atoms with van der Waals surface area (Å²) in [6.45, 7) is 1.72. The van der Waals surface area contributed by atoms with Crippen molar-refractivity contribution in [3.05, 3.63) is 58.6 Å². The Labute approximate surface area is 123 Å². The van der Waals surface area contributed by atoms with Gasteiger partial charge in [-0.15, -0.1) is 0 Å². The number of anilines is 1. The number of rotatable bonds is 4. The second-order valence-electron chi connectivity index (χ2n) is 4.39. The highest BCUT2D eigenvalue weighted by molar-refractivity contribution is 7.92. The van der Waals surface area contributed by atoms with Gasteiger partial charge < -0.3 is 5.11 Å². The van der Waals surface area contributed by atoms with E-state index in [0.29, 0.717) is 16.3 Å². The summed E-state index contributed by atoms with van der Waals surface area (Å²) in [5, 5.41) is 9.29. The number of hydrogen-bond donors (Lipinski definition) is 2. The molecule has 0 aliphatic heterocycles. The SMILES string of the molecule is Cc1ccc(Cl)c(NS(=O)(=O)c2ccc(CO)cc2)c1. The van der Waals surface area contributed by atoms with Crippen molar-refractivity contribution in [2.45, 2.75) is 18.4 Å². The Bertz CT molecular complexity index is 712. The van der Waals surface area contributed by atoms with Gasteiger partial charge in [0.1, 0.15) is 0 Å². The molecule has 20 heavy (non-hydrogen) atoms. The highest BCUT2D eigenvalue weighted by Gasteiger charge is 2.15. The summed E-state index contributed by atoms with van der Waals surface area (Å²) in [6, 6.07) is 11.1. The Balaban J connectivity index is 2.32. The van der Waals surface area contributed by atoms with Crippen molar-refractivity contribution in [3.8, 4) is 0 Å². The zero-order chi connectivity index (χ0) is 14.8. The molecule has 0 unspecified atom stereocenters. The summed E-state index contributed by atoms with van der Waals surface area (Å²) in [7, 11) is -3.69. The lowest BCUT2D eigenvalue weighted by molar-refractivity contribution is 0.282. The van der Waals surface area contributed by atoms with E-state index < -0.39 is 10.0 Å². The van der Waals surface area contributed by atoms with Crippen molar-refractivity contribution in [1.29, 1.82) is 0 Å². The van der Waals surface area contributed by atoms with Gasteiger partial charge in [0.25, 0.3) is 10.0 Å². The molecule has 4 nitrogen and oxygen atoms in total. The maximum atomic E-state index is 12.2. The van der Waals surface area contributed by atoms with Gasteiger partial charge in [0.05, 0.1) is 22.2 Å². The number of benzene rings is 2. The van der Waals surface area contributed by atoms with E-state index in [-0.39, 0.29) is 11.5 Å². The van der Waals surface area contributed by atoms with Crippen LogP contribution in [0.1, 0.15) is 11.1 Å². The van der Waals surface area contributed by atoms with Crippen molar-refractivity contribution in [2.75, 3.05) is 4.72 Å². The van der Waals surface area contributed by atoms with Crippen LogP contribution in [0, 0.1) is 6.92 Å². The van der Waals surface area contributed by atoms with E-state index in [1.165, 1.54) is 12.1 Å². The van der Waals surface area contributed by atoms with Crippen LogP contribution in [0.2, 0.25) is 5.02 Å². The number of aliphatic hydroxyl groups is 1. The van der Waals surface area contributed by atoms with Gasteiger partial charge in [-0.2, -0.15) is 0 Å². The highest BCUT2D eigenvalue weighted by Crippen LogP contribution is 2.25. The average molecular weight is 312 g/mol. The fraction of sp³-hybridized carbons (Fsp3) is 0.143. The van der Waals surface area contributed by atoms with Crippen LogP contribution in [0.15, 0.2) is 47.4 Å². The third kappa shape index (κ3) is 3.30. The Hall–Kier alpha value is -1.56. The maximum Gasteiger partial charge on any atom is 0.261 e. The second kappa shape index (κ2) is 5.83. The molecule has 106 valence electrons. The molecule has 0 saturated heterocycles.